The van der Waals surface area contributed by atoms with Crippen LogP contribution in [0.2, 0.25) is 0 Å². The van der Waals surface area contributed by atoms with Gasteiger partial charge in [0, 0.05) is 19.2 Å². The Kier molecular flexibility index (Phi) is 6.56. The normalized spacial score (nSPS) is 21.8. The number of carbonyl (C=O) groups is 1. The van der Waals surface area contributed by atoms with Crippen molar-refractivity contribution in [3.8, 4) is 5.75 Å². The number of carbonyl (C=O) groups excluding carboxylic acids is 1. The largest absolute Gasteiger partial charge is 0.494 e. The molecule has 1 aliphatic heterocycles. The van der Waals surface area contributed by atoms with E-state index in [-0.39, 0.29) is 17.7 Å². The Hall–Kier alpha value is -1.75. The summed E-state index contributed by atoms with van der Waals surface area (Å²) < 4.78 is 11.7. The summed E-state index contributed by atoms with van der Waals surface area (Å²) in [4.78, 5) is 12.1. The lowest BCUT2D eigenvalue weighted by Crippen LogP contribution is -2.50. The monoisotopic (exact) mass is 346 g/mol. The highest BCUT2D eigenvalue weighted by Crippen LogP contribution is 2.39. The minimum Gasteiger partial charge on any atom is -0.494 e. The van der Waals surface area contributed by atoms with Gasteiger partial charge in [0.25, 0.3) is 0 Å². The Morgan fingerprint density at radius 3 is 2.80 bits per heavy atom. The van der Waals surface area contributed by atoms with Gasteiger partial charge in [0.1, 0.15) is 5.75 Å². The zero-order chi connectivity index (χ0) is 17.4. The van der Waals surface area contributed by atoms with Crippen molar-refractivity contribution in [1.82, 2.24) is 10.6 Å². The Labute approximate surface area is 150 Å². The predicted octanol–water partition coefficient (Wildman–Crippen LogP) is 3.64. The van der Waals surface area contributed by atoms with Gasteiger partial charge in [-0.2, -0.15) is 0 Å². The molecule has 0 bridgehead atoms. The quantitative estimate of drug-likeness (QED) is 0.741. The third-order valence-electron chi connectivity index (χ3n) is 5.21. The van der Waals surface area contributed by atoms with Gasteiger partial charge in [-0.1, -0.05) is 31.0 Å². The van der Waals surface area contributed by atoms with Gasteiger partial charge >= 0.3 is 6.03 Å². The van der Waals surface area contributed by atoms with Crippen LogP contribution in [0, 0.1) is 0 Å². The van der Waals surface area contributed by atoms with E-state index in [0.717, 1.165) is 50.9 Å². The lowest BCUT2D eigenvalue weighted by atomic mass is 9.89. The zero-order valence-corrected chi connectivity index (χ0v) is 15.0. The van der Waals surface area contributed by atoms with Gasteiger partial charge in [-0.15, -0.1) is 0 Å². The molecule has 1 aromatic carbocycles. The van der Waals surface area contributed by atoms with E-state index in [1.165, 1.54) is 12.8 Å². The molecular weight excluding hydrogens is 316 g/mol. The Balaban J connectivity index is 1.25. The number of para-hydroxylation sites is 1. The van der Waals surface area contributed by atoms with Crippen molar-refractivity contribution in [1.29, 1.82) is 0 Å². The van der Waals surface area contributed by atoms with E-state index in [2.05, 4.69) is 10.6 Å². The van der Waals surface area contributed by atoms with Crippen LogP contribution in [0.5, 0.6) is 5.75 Å². The number of urea groups is 1. The summed E-state index contributed by atoms with van der Waals surface area (Å²) in [5, 5.41) is 6.09. The van der Waals surface area contributed by atoms with Gasteiger partial charge in [0.05, 0.1) is 12.2 Å². The molecule has 0 radical (unpaired) electrons. The first-order valence-corrected chi connectivity index (χ1v) is 9.62. The Bertz CT molecular complexity index is 529. The van der Waals surface area contributed by atoms with Crippen LogP contribution in [0.25, 0.3) is 0 Å². The number of nitrogens with one attached hydrogen (secondary N) is 2. The van der Waals surface area contributed by atoms with Crippen molar-refractivity contribution >= 4 is 6.03 Å². The highest BCUT2D eigenvalue weighted by atomic mass is 16.5. The summed E-state index contributed by atoms with van der Waals surface area (Å²) in [6.45, 7) is 2.12. The molecule has 1 spiro atoms. The number of hydrogen-bond acceptors (Lipinski definition) is 3. The first-order chi connectivity index (χ1) is 12.3. The van der Waals surface area contributed by atoms with Crippen molar-refractivity contribution in [2.75, 3.05) is 19.8 Å². The van der Waals surface area contributed by atoms with Crippen LogP contribution < -0.4 is 15.4 Å². The fraction of sp³-hybridized carbons (Fsp3) is 0.650. The average molecular weight is 346 g/mol. The second-order valence-electron chi connectivity index (χ2n) is 7.20. The number of hydrogen-bond donors (Lipinski definition) is 2. The molecule has 1 heterocycles. The smallest absolute Gasteiger partial charge is 0.315 e. The van der Waals surface area contributed by atoms with E-state index in [4.69, 9.17) is 9.47 Å². The molecule has 2 N–H and O–H groups in total. The number of amides is 2. The molecule has 2 amide bonds. The average Bonchev–Trinajstić information content (AvgIpc) is 3.06. The molecule has 2 fully saturated rings. The first-order valence-electron chi connectivity index (χ1n) is 9.62. The summed E-state index contributed by atoms with van der Waals surface area (Å²) in [6.07, 6.45) is 8.52. The second-order valence-corrected chi connectivity index (χ2v) is 7.20. The van der Waals surface area contributed by atoms with Crippen LogP contribution in [-0.4, -0.2) is 37.4 Å². The van der Waals surface area contributed by atoms with E-state index in [1.807, 2.05) is 30.3 Å². The molecule has 138 valence electrons. The van der Waals surface area contributed by atoms with Crippen LogP contribution >= 0.6 is 0 Å². The second kappa shape index (κ2) is 9.09. The maximum Gasteiger partial charge on any atom is 0.315 e. The van der Waals surface area contributed by atoms with E-state index in [9.17, 15) is 4.79 Å². The summed E-state index contributed by atoms with van der Waals surface area (Å²) in [5.41, 5.74) is 0.0466. The SMILES string of the molecule is O=C(NCCCCOc1ccccc1)N[C@H]1CCOC2(CCCC2)C1. The fourth-order valence-electron chi connectivity index (χ4n) is 3.89. The highest BCUT2D eigenvalue weighted by molar-refractivity contribution is 5.74. The van der Waals surface area contributed by atoms with E-state index in [0.29, 0.717) is 13.2 Å². The van der Waals surface area contributed by atoms with Crippen molar-refractivity contribution in [3.63, 3.8) is 0 Å². The lowest BCUT2D eigenvalue weighted by molar-refractivity contribution is -0.0820. The molecule has 5 nitrogen and oxygen atoms in total. The fourth-order valence-corrected chi connectivity index (χ4v) is 3.89. The maximum atomic E-state index is 12.1. The van der Waals surface area contributed by atoms with E-state index < -0.39 is 0 Å². The van der Waals surface area contributed by atoms with Crippen molar-refractivity contribution in [2.24, 2.45) is 0 Å². The number of ether oxygens (including phenoxy) is 2. The molecular formula is C20H30N2O3. The van der Waals surface area contributed by atoms with Crippen molar-refractivity contribution in [2.45, 2.75) is 63.0 Å². The van der Waals surface area contributed by atoms with Crippen LogP contribution in [0.4, 0.5) is 4.79 Å². The molecule has 1 aromatic rings. The molecule has 3 rings (SSSR count). The van der Waals surface area contributed by atoms with Crippen LogP contribution in [0.3, 0.4) is 0 Å². The molecule has 1 atom stereocenters. The standard InChI is InChI=1S/C20H30N2O3/c23-19(21-13-6-7-14-24-18-8-2-1-3-9-18)22-17-10-15-25-20(16-17)11-4-5-12-20/h1-3,8-9,17H,4-7,10-16H2,(H2,21,22,23)/t17-/m0/s1. The molecule has 0 unspecified atom stereocenters. The Morgan fingerprint density at radius 2 is 2.00 bits per heavy atom. The van der Waals surface area contributed by atoms with Gasteiger partial charge < -0.3 is 20.1 Å². The minimum atomic E-state index is -0.0518. The molecule has 1 saturated heterocycles. The number of unbranched alkanes of at least 4 members (excludes halogenated alkanes) is 1. The molecule has 0 aromatic heterocycles. The molecule has 25 heavy (non-hydrogen) atoms. The van der Waals surface area contributed by atoms with E-state index in [1.54, 1.807) is 0 Å². The van der Waals surface area contributed by atoms with Gasteiger partial charge in [-0.3, -0.25) is 0 Å². The molecule has 5 heteroatoms. The maximum absolute atomic E-state index is 12.1. The van der Waals surface area contributed by atoms with Gasteiger partial charge in [-0.05, 0) is 50.7 Å². The lowest BCUT2D eigenvalue weighted by Gasteiger charge is -2.38. The molecule has 2 aliphatic rings. The number of rotatable bonds is 7. The summed E-state index contributed by atoms with van der Waals surface area (Å²) >= 11 is 0. The summed E-state index contributed by atoms with van der Waals surface area (Å²) in [6, 6.07) is 10.0. The third-order valence-corrected chi connectivity index (χ3v) is 5.21. The van der Waals surface area contributed by atoms with Crippen molar-refractivity contribution in [3.05, 3.63) is 30.3 Å². The number of benzene rings is 1. The first kappa shape index (κ1) is 18.1. The van der Waals surface area contributed by atoms with Crippen LogP contribution in [-0.2, 0) is 4.74 Å². The minimum absolute atomic E-state index is 0.0466. The van der Waals surface area contributed by atoms with Crippen LogP contribution in [0.15, 0.2) is 30.3 Å². The summed E-state index contributed by atoms with van der Waals surface area (Å²) in [7, 11) is 0. The van der Waals surface area contributed by atoms with Gasteiger partial charge in [0.2, 0.25) is 0 Å². The zero-order valence-electron chi connectivity index (χ0n) is 15.0. The van der Waals surface area contributed by atoms with Gasteiger partial charge in [-0.25, -0.2) is 4.79 Å². The van der Waals surface area contributed by atoms with E-state index >= 15 is 0 Å². The summed E-state index contributed by atoms with van der Waals surface area (Å²) in [5.74, 6) is 0.897. The van der Waals surface area contributed by atoms with Gasteiger partial charge in [0.15, 0.2) is 0 Å². The third kappa shape index (κ3) is 5.63. The van der Waals surface area contributed by atoms with Crippen molar-refractivity contribution < 1.29 is 14.3 Å². The molecule has 1 aliphatic carbocycles. The topological polar surface area (TPSA) is 59.6 Å². The highest BCUT2D eigenvalue weighted by Gasteiger charge is 2.40. The Morgan fingerprint density at radius 1 is 1.20 bits per heavy atom. The van der Waals surface area contributed by atoms with Crippen LogP contribution in [0.1, 0.15) is 51.4 Å². The predicted molar refractivity (Wildman–Crippen MR) is 97.9 cm³/mol. The molecule has 1 saturated carbocycles.